The van der Waals surface area contributed by atoms with Crippen LogP contribution in [0.25, 0.3) is 22.2 Å². The highest BCUT2D eigenvalue weighted by Gasteiger charge is 2.35. The lowest BCUT2D eigenvalue weighted by atomic mass is 10.0. The van der Waals surface area contributed by atoms with Gasteiger partial charge >= 0.3 is 6.18 Å². The molecule has 1 N–H and O–H groups in total. The summed E-state index contributed by atoms with van der Waals surface area (Å²) < 4.78 is 65.8. The van der Waals surface area contributed by atoms with Crippen LogP contribution in [-0.4, -0.2) is 11.1 Å². The Bertz CT molecular complexity index is 1500. The lowest BCUT2D eigenvalue weighted by Gasteiger charge is -2.17. The highest BCUT2D eigenvalue weighted by Crippen LogP contribution is 2.41. The fraction of sp³-hybridized carbons (Fsp3) is 0.250. The number of allylic oxidation sites excluding steroid dienone is 3. The second kappa shape index (κ2) is 11.4. The number of benzene rings is 3. The second-order valence-electron chi connectivity index (χ2n) is 9.82. The number of alkyl halides is 3. The fourth-order valence-corrected chi connectivity index (χ4v) is 4.71. The molecule has 0 bridgehead atoms. The van der Waals surface area contributed by atoms with Crippen molar-refractivity contribution in [3.05, 3.63) is 114 Å². The van der Waals surface area contributed by atoms with Gasteiger partial charge in [-0.25, -0.2) is 4.39 Å². The molecule has 202 valence electrons. The molecule has 39 heavy (non-hydrogen) atoms. The van der Waals surface area contributed by atoms with Gasteiger partial charge in [0.1, 0.15) is 12.4 Å². The summed E-state index contributed by atoms with van der Waals surface area (Å²) in [5.41, 5.74) is 1.09. The van der Waals surface area contributed by atoms with Gasteiger partial charge in [-0.2, -0.15) is 13.2 Å². The molecule has 0 radical (unpaired) electrons. The zero-order valence-electron chi connectivity index (χ0n) is 21.6. The number of rotatable bonds is 10. The van der Waals surface area contributed by atoms with Gasteiger partial charge in [0.15, 0.2) is 5.82 Å². The van der Waals surface area contributed by atoms with Crippen LogP contribution in [-0.2, 0) is 19.3 Å². The lowest BCUT2D eigenvalue weighted by molar-refractivity contribution is -0.137. The van der Waals surface area contributed by atoms with E-state index in [-0.39, 0.29) is 23.2 Å². The van der Waals surface area contributed by atoms with Crippen molar-refractivity contribution in [1.29, 1.82) is 0 Å². The van der Waals surface area contributed by atoms with Gasteiger partial charge in [0.05, 0.1) is 16.8 Å². The number of hydrogen-bond acceptors (Lipinski definition) is 2. The average molecular weight is 535 g/mol. The Morgan fingerprint density at radius 1 is 1.03 bits per heavy atom. The van der Waals surface area contributed by atoms with Crippen LogP contribution in [0.5, 0.6) is 5.75 Å². The number of nitrogens with one attached hydrogen (secondary N) is 1. The summed E-state index contributed by atoms with van der Waals surface area (Å²) in [7, 11) is 0. The normalized spacial score (nSPS) is 14.3. The zero-order valence-corrected chi connectivity index (χ0v) is 21.6. The molecule has 0 spiro atoms. The molecule has 1 aliphatic carbocycles. The number of aromatic nitrogens is 1. The fourth-order valence-electron chi connectivity index (χ4n) is 4.71. The minimum absolute atomic E-state index is 0.101. The molecular formula is C32H30F4N2O. The Labute approximate surface area is 225 Å². The molecule has 1 aliphatic rings. The highest BCUT2D eigenvalue weighted by molar-refractivity contribution is 5.90. The van der Waals surface area contributed by atoms with Crippen LogP contribution in [0.2, 0.25) is 0 Å². The van der Waals surface area contributed by atoms with Crippen LogP contribution in [0.3, 0.4) is 0 Å². The Balaban J connectivity index is 1.60. The van der Waals surface area contributed by atoms with E-state index in [0.717, 1.165) is 23.7 Å². The first-order valence-corrected chi connectivity index (χ1v) is 13.1. The minimum Gasteiger partial charge on any atom is -0.489 e. The molecule has 3 aromatic carbocycles. The maximum absolute atomic E-state index is 16.2. The predicted octanol–water partition coefficient (Wildman–Crippen LogP) is 8.50. The molecule has 1 aromatic heterocycles. The monoisotopic (exact) mass is 534 g/mol. The lowest BCUT2D eigenvalue weighted by Crippen LogP contribution is -2.13. The molecule has 0 unspecified atom stereocenters. The number of halogens is 4. The molecular weight excluding hydrogens is 504 g/mol. The zero-order chi connectivity index (χ0) is 27.4. The third-order valence-corrected chi connectivity index (χ3v) is 6.82. The smallest absolute Gasteiger partial charge is 0.417 e. The topological polar surface area (TPSA) is 26.2 Å². The number of ether oxygens (including phenoxy) is 1. The van der Waals surface area contributed by atoms with Gasteiger partial charge in [0.2, 0.25) is 0 Å². The summed E-state index contributed by atoms with van der Waals surface area (Å²) in [4.78, 5) is 0. The Morgan fingerprint density at radius 3 is 2.49 bits per heavy atom. The standard InChI is InChI=1S/C32H30F4N2O/c1-2-8-24(19-37-18-22-13-14-22)20-38-29-16-15-25(39-21-23-9-4-3-5-10-23)17-27(29)30(33)31(38)26-11-6-7-12-28(26)32(34,35)36/h2-12,15-17,19,22,37H,13-14,18,20-21H2,1H3/b8-2-,24-19+. The molecule has 1 fully saturated rings. The van der Waals surface area contributed by atoms with Crippen molar-refractivity contribution in [2.24, 2.45) is 5.92 Å². The third-order valence-electron chi connectivity index (χ3n) is 6.82. The summed E-state index contributed by atoms with van der Waals surface area (Å²) in [6, 6.07) is 19.7. The largest absolute Gasteiger partial charge is 0.489 e. The van der Waals surface area contributed by atoms with Gasteiger partial charge in [-0.3, -0.25) is 0 Å². The predicted molar refractivity (Wildman–Crippen MR) is 147 cm³/mol. The van der Waals surface area contributed by atoms with Gasteiger partial charge in [0.25, 0.3) is 0 Å². The molecule has 4 aromatic rings. The summed E-state index contributed by atoms with van der Waals surface area (Å²) in [5, 5.41) is 3.53. The summed E-state index contributed by atoms with van der Waals surface area (Å²) in [5.74, 6) is 0.382. The molecule has 3 nitrogen and oxygen atoms in total. The summed E-state index contributed by atoms with van der Waals surface area (Å²) >= 11 is 0. The number of nitrogens with zero attached hydrogens (tertiary/aromatic N) is 1. The van der Waals surface area contributed by atoms with Crippen molar-refractivity contribution in [3.8, 4) is 17.0 Å². The van der Waals surface area contributed by atoms with Crippen molar-refractivity contribution in [3.63, 3.8) is 0 Å². The molecule has 1 heterocycles. The Hall–Kier alpha value is -4.00. The van der Waals surface area contributed by atoms with E-state index in [1.807, 2.05) is 55.6 Å². The van der Waals surface area contributed by atoms with Crippen LogP contribution in [0.15, 0.2) is 96.7 Å². The molecule has 7 heteroatoms. The van der Waals surface area contributed by atoms with Crippen LogP contribution in [0.4, 0.5) is 17.6 Å². The van der Waals surface area contributed by atoms with Gasteiger partial charge in [-0.05, 0) is 61.1 Å². The van der Waals surface area contributed by atoms with E-state index in [4.69, 9.17) is 4.74 Å². The third kappa shape index (κ3) is 6.19. The highest BCUT2D eigenvalue weighted by atomic mass is 19.4. The van der Waals surface area contributed by atoms with E-state index >= 15 is 4.39 Å². The van der Waals surface area contributed by atoms with Crippen molar-refractivity contribution in [1.82, 2.24) is 9.88 Å². The van der Waals surface area contributed by atoms with E-state index in [1.54, 1.807) is 22.8 Å². The Morgan fingerprint density at radius 2 is 1.77 bits per heavy atom. The van der Waals surface area contributed by atoms with Gasteiger partial charge in [-0.15, -0.1) is 0 Å². The van der Waals surface area contributed by atoms with Crippen LogP contribution >= 0.6 is 0 Å². The van der Waals surface area contributed by atoms with Crippen LogP contribution in [0, 0.1) is 11.7 Å². The number of hydrogen-bond donors (Lipinski definition) is 1. The average Bonchev–Trinajstić information content (AvgIpc) is 3.72. The van der Waals surface area contributed by atoms with E-state index < -0.39 is 17.6 Å². The van der Waals surface area contributed by atoms with E-state index in [0.29, 0.717) is 23.8 Å². The maximum atomic E-state index is 16.2. The summed E-state index contributed by atoms with van der Waals surface area (Å²) in [6.45, 7) is 3.19. The van der Waals surface area contributed by atoms with Crippen molar-refractivity contribution < 1.29 is 22.3 Å². The first-order chi connectivity index (χ1) is 18.8. The van der Waals surface area contributed by atoms with E-state index in [1.165, 1.54) is 31.0 Å². The Kier molecular flexibility index (Phi) is 7.77. The minimum atomic E-state index is -4.64. The molecule has 0 atom stereocenters. The molecule has 0 amide bonds. The number of fused-ring (bicyclic) bond motifs is 1. The van der Waals surface area contributed by atoms with Gasteiger partial charge in [0, 0.05) is 30.2 Å². The van der Waals surface area contributed by atoms with E-state index in [9.17, 15) is 13.2 Å². The van der Waals surface area contributed by atoms with Gasteiger partial charge in [-0.1, -0.05) is 60.7 Å². The molecule has 1 saturated carbocycles. The first-order valence-electron chi connectivity index (χ1n) is 13.1. The molecule has 0 aliphatic heterocycles. The van der Waals surface area contributed by atoms with Crippen molar-refractivity contribution in [2.45, 2.75) is 39.1 Å². The first kappa shape index (κ1) is 26.6. The molecule has 0 saturated heterocycles. The summed E-state index contributed by atoms with van der Waals surface area (Å²) in [6.07, 6.45) is 3.38. The quantitative estimate of drug-likeness (QED) is 0.163. The van der Waals surface area contributed by atoms with E-state index in [2.05, 4.69) is 5.32 Å². The van der Waals surface area contributed by atoms with Gasteiger partial charge < -0.3 is 14.6 Å². The van der Waals surface area contributed by atoms with Crippen molar-refractivity contribution in [2.75, 3.05) is 6.54 Å². The maximum Gasteiger partial charge on any atom is 0.417 e. The SMILES string of the molecule is C/C=C\C(=C/NCC1CC1)Cn1c(-c2ccccc2C(F)(F)F)c(F)c2cc(OCc3ccccc3)ccc21. The van der Waals surface area contributed by atoms with Crippen LogP contribution in [0.1, 0.15) is 30.9 Å². The molecule has 5 rings (SSSR count). The van der Waals surface area contributed by atoms with Crippen molar-refractivity contribution >= 4 is 10.9 Å². The van der Waals surface area contributed by atoms with Crippen LogP contribution < -0.4 is 10.1 Å². The second-order valence-corrected chi connectivity index (χ2v) is 9.82.